The summed E-state index contributed by atoms with van der Waals surface area (Å²) >= 11 is 6.16. The van der Waals surface area contributed by atoms with Crippen molar-refractivity contribution in [3.8, 4) is 11.5 Å². The van der Waals surface area contributed by atoms with Crippen LogP contribution in [0.5, 0.6) is 11.5 Å². The lowest BCUT2D eigenvalue weighted by atomic mass is 10.1. The molecule has 0 saturated carbocycles. The lowest BCUT2D eigenvalue weighted by Crippen LogP contribution is -2.48. The van der Waals surface area contributed by atoms with Gasteiger partial charge in [0.15, 0.2) is 17.2 Å². The molecule has 0 spiro atoms. The van der Waals surface area contributed by atoms with Gasteiger partial charge in [0.25, 0.3) is 5.91 Å². The monoisotopic (exact) mass is 376 g/mol. The molecule has 138 valence electrons. The number of fused-ring (bicyclic) bond motifs is 1. The van der Waals surface area contributed by atoms with Gasteiger partial charge in [-0.1, -0.05) is 17.7 Å². The normalized spacial score (nSPS) is 16.9. The van der Waals surface area contributed by atoms with Crippen LogP contribution in [0.1, 0.15) is 23.0 Å². The summed E-state index contributed by atoms with van der Waals surface area (Å²) in [6.07, 6.45) is 1.70. The second-order valence-electron chi connectivity index (χ2n) is 6.44. The average Bonchev–Trinajstić information content (AvgIpc) is 3.27. The quantitative estimate of drug-likeness (QED) is 0.819. The molecule has 1 aromatic carbocycles. The number of hydrogen-bond donors (Lipinski definition) is 0. The van der Waals surface area contributed by atoms with Gasteiger partial charge in [-0.2, -0.15) is 5.10 Å². The molecule has 0 radical (unpaired) electrons. The van der Waals surface area contributed by atoms with Crippen LogP contribution in [0.4, 0.5) is 0 Å². The lowest BCUT2D eigenvalue weighted by Gasteiger charge is -2.34. The van der Waals surface area contributed by atoms with E-state index in [4.69, 9.17) is 21.1 Å². The molecule has 4 rings (SSSR count). The van der Waals surface area contributed by atoms with Gasteiger partial charge in [0.1, 0.15) is 0 Å². The predicted molar refractivity (Wildman–Crippen MR) is 96.7 cm³/mol. The summed E-state index contributed by atoms with van der Waals surface area (Å²) in [5.74, 6) is 1.51. The van der Waals surface area contributed by atoms with Crippen molar-refractivity contribution in [2.75, 3.05) is 33.0 Å². The second-order valence-corrected chi connectivity index (χ2v) is 6.84. The molecule has 7 nitrogen and oxygen atoms in total. The van der Waals surface area contributed by atoms with Crippen LogP contribution < -0.4 is 9.47 Å². The Hall–Kier alpha value is -2.25. The van der Waals surface area contributed by atoms with Gasteiger partial charge in [-0.05, 0) is 24.6 Å². The Bertz CT molecular complexity index is 815. The zero-order chi connectivity index (χ0) is 18.1. The number of aromatic nitrogens is 2. The number of benzene rings is 1. The first-order chi connectivity index (χ1) is 12.6. The van der Waals surface area contributed by atoms with Crippen molar-refractivity contribution in [1.29, 1.82) is 0 Å². The van der Waals surface area contributed by atoms with E-state index in [0.717, 1.165) is 31.1 Å². The van der Waals surface area contributed by atoms with Gasteiger partial charge in [0.2, 0.25) is 6.79 Å². The molecule has 1 amide bonds. The Kier molecular flexibility index (Phi) is 4.74. The molecule has 26 heavy (non-hydrogen) atoms. The maximum absolute atomic E-state index is 12.7. The highest BCUT2D eigenvalue weighted by atomic mass is 35.5. The van der Waals surface area contributed by atoms with Crippen molar-refractivity contribution in [1.82, 2.24) is 19.6 Å². The molecule has 1 aromatic heterocycles. The highest BCUT2D eigenvalue weighted by Crippen LogP contribution is 2.32. The summed E-state index contributed by atoms with van der Waals surface area (Å²) in [7, 11) is 0. The first-order valence-corrected chi connectivity index (χ1v) is 9.15. The Morgan fingerprint density at radius 1 is 1.19 bits per heavy atom. The van der Waals surface area contributed by atoms with Gasteiger partial charge < -0.3 is 14.4 Å². The van der Waals surface area contributed by atoms with Crippen LogP contribution in [0.15, 0.2) is 24.4 Å². The van der Waals surface area contributed by atoms with E-state index in [9.17, 15) is 4.79 Å². The van der Waals surface area contributed by atoms with E-state index in [2.05, 4.69) is 16.1 Å². The number of rotatable bonds is 4. The standard InChI is InChI=1S/C18H21ClN4O3/c1-2-23-11-14(19)17(20-23)18(24)22-7-5-21(6-8-22)10-13-3-4-15-16(9-13)26-12-25-15/h3-4,9,11H,2,5-8,10,12H2,1H3. The smallest absolute Gasteiger partial charge is 0.276 e. The molecule has 0 unspecified atom stereocenters. The zero-order valence-electron chi connectivity index (χ0n) is 14.7. The molecule has 0 N–H and O–H groups in total. The molecule has 0 atom stereocenters. The summed E-state index contributed by atoms with van der Waals surface area (Å²) in [5.41, 5.74) is 1.52. The number of amides is 1. The van der Waals surface area contributed by atoms with Crippen LogP contribution in [-0.2, 0) is 13.1 Å². The summed E-state index contributed by atoms with van der Waals surface area (Å²) in [6.45, 7) is 6.72. The fourth-order valence-electron chi connectivity index (χ4n) is 3.26. The molecule has 3 heterocycles. The zero-order valence-corrected chi connectivity index (χ0v) is 15.4. The predicted octanol–water partition coefficient (Wildman–Crippen LogP) is 2.24. The van der Waals surface area contributed by atoms with Gasteiger partial charge in [0.05, 0.1) is 5.02 Å². The summed E-state index contributed by atoms with van der Waals surface area (Å²) < 4.78 is 12.5. The van der Waals surface area contributed by atoms with Crippen molar-refractivity contribution >= 4 is 17.5 Å². The van der Waals surface area contributed by atoms with E-state index in [0.29, 0.717) is 30.4 Å². The summed E-state index contributed by atoms with van der Waals surface area (Å²) in [4.78, 5) is 16.8. The summed E-state index contributed by atoms with van der Waals surface area (Å²) in [6, 6.07) is 6.03. The maximum atomic E-state index is 12.7. The molecule has 0 aliphatic carbocycles. The van der Waals surface area contributed by atoms with E-state index in [1.54, 1.807) is 10.9 Å². The van der Waals surface area contributed by atoms with Crippen LogP contribution in [0.2, 0.25) is 5.02 Å². The van der Waals surface area contributed by atoms with E-state index in [-0.39, 0.29) is 12.7 Å². The third-order valence-corrected chi connectivity index (χ3v) is 5.02. The van der Waals surface area contributed by atoms with Crippen LogP contribution >= 0.6 is 11.6 Å². The van der Waals surface area contributed by atoms with Crippen molar-refractivity contribution in [2.45, 2.75) is 20.0 Å². The molecule has 1 saturated heterocycles. The SMILES string of the molecule is CCn1cc(Cl)c(C(=O)N2CCN(Cc3ccc4c(c3)OCO4)CC2)n1. The highest BCUT2D eigenvalue weighted by molar-refractivity contribution is 6.33. The lowest BCUT2D eigenvalue weighted by molar-refractivity contribution is 0.0622. The van der Waals surface area contributed by atoms with Crippen molar-refractivity contribution in [3.05, 3.63) is 40.7 Å². The van der Waals surface area contributed by atoms with E-state index in [1.165, 1.54) is 5.56 Å². The number of aryl methyl sites for hydroxylation is 1. The molecule has 1 fully saturated rings. The van der Waals surface area contributed by atoms with Gasteiger partial charge in [0, 0.05) is 45.5 Å². The Labute approximate surface area is 157 Å². The van der Waals surface area contributed by atoms with Gasteiger partial charge in [-0.3, -0.25) is 14.4 Å². The first kappa shape index (κ1) is 17.2. The molecule has 8 heteroatoms. The highest BCUT2D eigenvalue weighted by Gasteiger charge is 2.26. The maximum Gasteiger partial charge on any atom is 0.276 e. The minimum Gasteiger partial charge on any atom is -0.454 e. The summed E-state index contributed by atoms with van der Waals surface area (Å²) in [5, 5.41) is 4.69. The number of ether oxygens (including phenoxy) is 2. The molecule has 2 aliphatic heterocycles. The molecule has 0 bridgehead atoms. The van der Waals surface area contributed by atoms with E-state index >= 15 is 0 Å². The fourth-order valence-corrected chi connectivity index (χ4v) is 3.49. The van der Waals surface area contributed by atoms with Crippen molar-refractivity contribution < 1.29 is 14.3 Å². The van der Waals surface area contributed by atoms with Gasteiger partial charge >= 0.3 is 0 Å². The number of carbonyl (C=O) groups excluding carboxylic acids is 1. The van der Waals surface area contributed by atoms with Crippen molar-refractivity contribution in [2.24, 2.45) is 0 Å². The Morgan fingerprint density at radius 3 is 2.69 bits per heavy atom. The number of nitrogens with zero attached hydrogens (tertiary/aromatic N) is 4. The molecule has 2 aromatic rings. The molecule has 2 aliphatic rings. The van der Waals surface area contributed by atoms with Crippen LogP contribution in [-0.4, -0.2) is 58.5 Å². The third kappa shape index (κ3) is 3.37. The van der Waals surface area contributed by atoms with Crippen molar-refractivity contribution in [3.63, 3.8) is 0 Å². The molecular weight excluding hydrogens is 356 g/mol. The number of halogens is 1. The second kappa shape index (κ2) is 7.17. The first-order valence-electron chi connectivity index (χ1n) is 8.77. The van der Waals surface area contributed by atoms with Crippen LogP contribution in [0.25, 0.3) is 0 Å². The Morgan fingerprint density at radius 2 is 1.96 bits per heavy atom. The van der Waals surface area contributed by atoms with Crippen LogP contribution in [0.3, 0.4) is 0 Å². The minimum absolute atomic E-state index is 0.0927. The number of carbonyl (C=O) groups is 1. The molecular formula is C18H21ClN4O3. The largest absolute Gasteiger partial charge is 0.454 e. The third-order valence-electron chi connectivity index (χ3n) is 4.75. The number of hydrogen-bond acceptors (Lipinski definition) is 5. The van der Waals surface area contributed by atoms with Crippen LogP contribution in [0, 0.1) is 0 Å². The number of piperazine rings is 1. The topological polar surface area (TPSA) is 59.8 Å². The fraction of sp³-hybridized carbons (Fsp3) is 0.444. The minimum atomic E-state index is -0.0927. The van der Waals surface area contributed by atoms with E-state index in [1.807, 2.05) is 24.0 Å². The Balaban J connectivity index is 1.35. The average molecular weight is 377 g/mol. The van der Waals surface area contributed by atoms with E-state index < -0.39 is 0 Å². The van der Waals surface area contributed by atoms with Gasteiger partial charge in [-0.15, -0.1) is 0 Å². The van der Waals surface area contributed by atoms with Gasteiger partial charge in [-0.25, -0.2) is 0 Å².